The standard InChI is InChI=1S/C32H25N3O.Pt/c1-3-22-18-25(4-2)34-31(19-22)35-29-13-6-5-12-27(29)28-16-15-24(21-30(28)35)23-10-9-11-26(20-23)36-32-14-7-8-17-33-32;/h5-19H,3-4H2,1-2H3;/q-2;+2. The first kappa shape index (κ1) is 24.9. The molecule has 0 aliphatic rings. The Morgan fingerprint density at radius 2 is 1.62 bits per heavy atom. The van der Waals surface area contributed by atoms with Gasteiger partial charge >= 0.3 is 21.1 Å². The van der Waals surface area contributed by atoms with E-state index in [1.54, 1.807) is 6.20 Å². The number of pyridine rings is 2. The minimum atomic E-state index is 0. The van der Waals surface area contributed by atoms with Crippen molar-refractivity contribution in [2.45, 2.75) is 26.7 Å². The van der Waals surface area contributed by atoms with Gasteiger partial charge in [0.2, 0.25) is 5.88 Å². The third-order valence-corrected chi connectivity index (χ3v) is 6.42. The van der Waals surface area contributed by atoms with E-state index < -0.39 is 0 Å². The molecule has 4 nitrogen and oxygen atoms in total. The normalized spacial score (nSPS) is 11.0. The molecule has 6 aromatic rings. The van der Waals surface area contributed by atoms with E-state index in [2.05, 4.69) is 84.1 Å². The van der Waals surface area contributed by atoms with E-state index in [4.69, 9.17) is 9.72 Å². The number of benzene rings is 3. The van der Waals surface area contributed by atoms with Gasteiger partial charge < -0.3 is 9.30 Å². The van der Waals surface area contributed by atoms with Gasteiger partial charge in [-0.15, -0.1) is 18.2 Å². The first-order valence-electron chi connectivity index (χ1n) is 12.3. The fraction of sp³-hybridized carbons (Fsp3) is 0.125. The molecular weight excluding hydrogens is 637 g/mol. The van der Waals surface area contributed by atoms with Crippen LogP contribution < -0.4 is 4.74 Å². The van der Waals surface area contributed by atoms with E-state index in [1.807, 2.05) is 36.4 Å². The summed E-state index contributed by atoms with van der Waals surface area (Å²) in [5.41, 5.74) is 6.36. The molecule has 0 aliphatic carbocycles. The summed E-state index contributed by atoms with van der Waals surface area (Å²) in [7, 11) is 0. The van der Waals surface area contributed by atoms with E-state index in [9.17, 15) is 0 Å². The van der Waals surface area contributed by atoms with E-state index in [-0.39, 0.29) is 21.1 Å². The van der Waals surface area contributed by atoms with E-state index >= 15 is 0 Å². The van der Waals surface area contributed by atoms with Crippen LogP contribution in [-0.2, 0) is 33.9 Å². The molecule has 0 saturated carbocycles. The average Bonchev–Trinajstić information content (AvgIpc) is 3.27. The van der Waals surface area contributed by atoms with Crippen LogP contribution in [0.4, 0.5) is 0 Å². The van der Waals surface area contributed by atoms with Crippen molar-refractivity contribution in [1.29, 1.82) is 0 Å². The van der Waals surface area contributed by atoms with Crippen LogP contribution in [0.15, 0.2) is 91.1 Å². The van der Waals surface area contributed by atoms with Crippen molar-refractivity contribution in [2.24, 2.45) is 0 Å². The number of aromatic nitrogens is 3. The monoisotopic (exact) mass is 662 g/mol. The third-order valence-electron chi connectivity index (χ3n) is 6.42. The molecule has 0 unspecified atom stereocenters. The summed E-state index contributed by atoms with van der Waals surface area (Å²) in [6, 6.07) is 35.7. The molecule has 0 atom stereocenters. The number of para-hydroxylation sites is 1. The molecule has 5 heteroatoms. The number of rotatable bonds is 6. The van der Waals surface area contributed by atoms with Crippen LogP contribution >= 0.6 is 0 Å². The summed E-state index contributed by atoms with van der Waals surface area (Å²) in [5.74, 6) is 2.09. The molecule has 0 aliphatic heterocycles. The molecule has 0 bridgehead atoms. The van der Waals surface area contributed by atoms with Crippen molar-refractivity contribution >= 4 is 21.8 Å². The minimum Gasteiger partial charge on any atom is -0.460 e. The van der Waals surface area contributed by atoms with Gasteiger partial charge in [-0.3, -0.25) is 0 Å². The van der Waals surface area contributed by atoms with E-state index in [1.165, 1.54) is 10.9 Å². The van der Waals surface area contributed by atoms with Crippen LogP contribution in [0.1, 0.15) is 25.1 Å². The molecule has 6 rings (SSSR count). The fourth-order valence-electron chi connectivity index (χ4n) is 4.61. The number of fused-ring (bicyclic) bond motifs is 3. The molecule has 3 heterocycles. The van der Waals surface area contributed by atoms with Gasteiger partial charge in [0.25, 0.3) is 0 Å². The summed E-state index contributed by atoms with van der Waals surface area (Å²) in [6.45, 7) is 4.34. The van der Waals surface area contributed by atoms with Gasteiger partial charge in [-0.1, -0.05) is 43.5 Å². The molecule has 0 saturated heterocycles. The average molecular weight is 663 g/mol. The third kappa shape index (κ3) is 4.82. The first-order valence-corrected chi connectivity index (χ1v) is 12.3. The number of aryl methyl sites for hydroxylation is 2. The smallest absolute Gasteiger partial charge is 0.460 e. The Hall–Kier alpha value is -3.75. The van der Waals surface area contributed by atoms with E-state index in [0.29, 0.717) is 11.6 Å². The zero-order valence-electron chi connectivity index (χ0n) is 20.6. The van der Waals surface area contributed by atoms with Gasteiger partial charge in [-0.05, 0) is 53.6 Å². The Balaban J connectivity index is 0.00000280. The minimum absolute atomic E-state index is 0. The van der Waals surface area contributed by atoms with Crippen LogP contribution in [0.25, 0.3) is 38.8 Å². The SMILES string of the molecule is CCc1cc(CC)nc(-n2c3[c-]c(-c4[c-]c(Oc5ccccn5)ccc4)ccc3c3ccccc32)c1.[Pt+2]. The maximum atomic E-state index is 5.92. The maximum Gasteiger partial charge on any atom is 2.00 e. The number of ether oxygens (including phenoxy) is 1. The number of hydrogen-bond donors (Lipinski definition) is 0. The zero-order valence-corrected chi connectivity index (χ0v) is 22.9. The largest absolute Gasteiger partial charge is 2.00 e. The van der Waals surface area contributed by atoms with Gasteiger partial charge in [-0.2, -0.15) is 24.3 Å². The van der Waals surface area contributed by atoms with Crippen molar-refractivity contribution in [3.05, 3.63) is 115 Å². The Kier molecular flexibility index (Phi) is 7.21. The Morgan fingerprint density at radius 1 is 0.784 bits per heavy atom. The topological polar surface area (TPSA) is 39.9 Å². The first-order chi connectivity index (χ1) is 17.7. The molecule has 0 N–H and O–H groups in total. The molecule has 0 fully saturated rings. The second kappa shape index (κ2) is 10.7. The predicted molar refractivity (Wildman–Crippen MR) is 145 cm³/mol. The van der Waals surface area contributed by atoms with Crippen molar-refractivity contribution in [2.75, 3.05) is 0 Å². The van der Waals surface area contributed by atoms with Crippen LogP contribution in [0, 0.1) is 12.1 Å². The number of nitrogens with zero attached hydrogens (tertiary/aromatic N) is 3. The van der Waals surface area contributed by atoms with Crippen LogP contribution in [0.3, 0.4) is 0 Å². The van der Waals surface area contributed by atoms with Crippen molar-refractivity contribution < 1.29 is 25.8 Å². The van der Waals surface area contributed by atoms with Gasteiger partial charge in [-0.25, -0.2) is 21.1 Å². The number of hydrogen-bond acceptors (Lipinski definition) is 3. The summed E-state index contributed by atoms with van der Waals surface area (Å²) < 4.78 is 8.16. The molecule has 3 aromatic heterocycles. The van der Waals surface area contributed by atoms with Crippen molar-refractivity contribution in [3.8, 4) is 28.6 Å². The molecule has 0 spiro atoms. The summed E-state index contributed by atoms with van der Waals surface area (Å²) in [4.78, 5) is 9.27. The predicted octanol–water partition coefficient (Wildman–Crippen LogP) is 7.76. The Bertz CT molecular complexity index is 1670. The van der Waals surface area contributed by atoms with Gasteiger partial charge in [0.15, 0.2) is 0 Å². The van der Waals surface area contributed by atoms with Gasteiger partial charge in [0.05, 0.1) is 0 Å². The van der Waals surface area contributed by atoms with Gasteiger partial charge in [0, 0.05) is 29.2 Å². The summed E-state index contributed by atoms with van der Waals surface area (Å²) >= 11 is 0. The fourth-order valence-corrected chi connectivity index (χ4v) is 4.61. The molecular formula is C32H25N3OPt. The molecule has 0 amide bonds. The summed E-state index contributed by atoms with van der Waals surface area (Å²) in [5, 5.41) is 2.34. The molecule has 184 valence electrons. The van der Waals surface area contributed by atoms with Gasteiger partial charge in [0.1, 0.15) is 5.82 Å². The van der Waals surface area contributed by atoms with Crippen LogP contribution in [0.2, 0.25) is 0 Å². The quantitative estimate of drug-likeness (QED) is 0.171. The van der Waals surface area contributed by atoms with Crippen molar-refractivity contribution in [1.82, 2.24) is 14.5 Å². The van der Waals surface area contributed by atoms with Crippen LogP contribution in [-0.4, -0.2) is 14.5 Å². The summed E-state index contributed by atoms with van der Waals surface area (Å²) in [6.07, 6.45) is 3.57. The Morgan fingerprint density at radius 3 is 2.43 bits per heavy atom. The van der Waals surface area contributed by atoms with Crippen LogP contribution in [0.5, 0.6) is 11.6 Å². The second-order valence-corrected chi connectivity index (χ2v) is 8.72. The van der Waals surface area contributed by atoms with E-state index in [0.717, 1.165) is 51.9 Å². The molecule has 3 aromatic carbocycles. The Labute approximate surface area is 231 Å². The molecule has 0 radical (unpaired) electrons. The molecule has 37 heavy (non-hydrogen) atoms. The zero-order chi connectivity index (χ0) is 24.5. The van der Waals surface area contributed by atoms with Crippen molar-refractivity contribution in [3.63, 3.8) is 0 Å². The maximum absolute atomic E-state index is 5.92. The second-order valence-electron chi connectivity index (χ2n) is 8.72.